The minimum Gasteiger partial charge on any atom is -0.341 e. The first-order valence-corrected chi connectivity index (χ1v) is 7.59. The molecule has 112 valence electrons. The van der Waals surface area contributed by atoms with Crippen LogP contribution < -0.4 is 5.73 Å². The normalized spacial score (nSPS) is 19.8. The Balaban J connectivity index is 2.52. The molecule has 0 aliphatic carbocycles. The summed E-state index contributed by atoms with van der Waals surface area (Å²) < 4.78 is 0. The van der Waals surface area contributed by atoms with Crippen molar-refractivity contribution in [1.29, 1.82) is 0 Å². The van der Waals surface area contributed by atoms with Gasteiger partial charge in [-0.05, 0) is 31.3 Å². The molecule has 2 N–H and O–H groups in total. The highest BCUT2D eigenvalue weighted by molar-refractivity contribution is 5.82. The molecule has 1 rings (SSSR count). The fourth-order valence-corrected chi connectivity index (χ4v) is 2.76. The first-order valence-electron chi connectivity index (χ1n) is 7.59. The van der Waals surface area contributed by atoms with Crippen molar-refractivity contribution in [1.82, 2.24) is 9.80 Å². The lowest BCUT2D eigenvalue weighted by Crippen LogP contribution is -2.54. The van der Waals surface area contributed by atoms with Gasteiger partial charge in [0.15, 0.2) is 0 Å². The number of likely N-dealkylation sites (tertiary alicyclic amines) is 1. The molecule has 0 aromatic rings. The Hall–Kier alpha value is -0.610. The summed E-state index contributed by atoms with van der Waals surface area (Å²) >= 11 is 0. The summed E-state index contributed by atoms with van der Waals surface area (Å²) in [7, 11) is 0. The largest absolute Gasteiger partial charge is 0.341 e. The van der Waals surface area contributed by atoms with Crippen LogP contribution in [-0.4, -0.2) is 54.0 Å². The van der Waals surface area contributed by atoms with E-state index in [1.54, 1.807) is 0 Å². The van der Waals surface area contributed by atoms with Gasteiger partial charge in [0.1, 0.15) is 0 Å². The lowest BCUT2D eigenvalue weighted by molar-refractivity contribution is -0.136. The molecule has 1 aliphatic heterocycles. The zero-order chi connectivity index (χ0) is 14.6. The molecule has 1 fully saturated rings. The van der Waals surface area contributed by atoms with Gasteiger partial charge in [-0.15, -0.1) is 0 Å². The van der Waals surface area contributed by atoms with Gasteiger partial charge in [0.25, 0.3) is 0 Å². The molecule has 0 saturated carbocycles. The van der Waals surface area contributed by atoms with E-state index in [9.17, 15) is 4.79 Å². The SMILES string of the molecule is CCN(CC)C1CCN(C(=O)C(N)C(C)(C)C)CC1. The second kappa shape index (κ2) is 6.71. The molecule has 0 spiro atoms. The third-order valence-electron chi connectivity index (χ3n) is 4.30. The number of carbonyl (C=O) groups excluding carboxylic acids is 1. The van der Waals surface area contributed by atoms with Gasteiger partial charge in [0.05, 0.1) is 6.04 Å². The molecule has 1 aliphatic rings. The van der Waals surface area contributed by atoms with Crippen LogP contribution in [0, 0.1) is 5.41 Å². The van der Waals surface area contributed by atoms with Crippen LogP contribution in [0.25, 0.3) is 0 Å². The van der Waals surface area contributed by atoms with Gasteiger partial charge in [-0.2, -0.15) is 0 Å². The van der Waals surface area contributed by atoms with Crippen molar-refractivity contribution in [2.24, 2.45) is 11.1 Å². The third-order valence-corrected chi connectivity index (χ3v) is 4.30. The Morgan fingerprint density at radius 1 is 1.26 bits per heavy atom. The lowest BCUT2D eigenvalue weighted by Gasteiger charge is -2.40. The Bertz CT molecular complexity index is 286. The number of rotatable bonds is 4. The summed E-state index contributed by atoms with van der Waals surface area (Å²) in [6, 6.07) is 0.238. The molecule has 0 aromatic heterocycles. The molecule has 1 saturated heterocycles. The quantitative estimate of drug-likeness (QED) is 0.845. The Morgan fingerprint density at radius 2 is 1.74 bits per heavy atom. The fourth-order valence-electron chi connectivity index (χ4n) is 2.76. The van der Waals surface area contributed by atoms with Gasteiger partial charge in [-0.1, -0.05) is 34.6 Å². The summed E-state index contributed by atoms with van der Waals surface area (Å²) in [5, 5.41) is 0. The third kappa shape index (κ3) is 4.18. The Labute approximate surface area is 118 Å². The molecule has 4 nitrogen and oxygen atoms in total. The number of amides is 1. The van der Waals surface area contributed by atoms with E-state index in [4.69, 9.17) is 5.73 Å². The zero-order valence-corrected chi connectivity index (χ0v) is 13.3. The lowest BCUT2D eigenvalue weighted by atomic mass is 9.86. The number of piperidine rings is 1. The average Bonchev–Trinajstić information content (AvgIpc) is 2.38. The predicted molar refractivity (Wildman–Crippen MR) is 80.0 cm³/mol. The van der Waals surface area contributed by atoms with E-state index in [1.807, 2.05) is 25.7 Å². The van der Waals surface area contributed by atoms with Crippen LogP contribution >= 0.6 is 0 Å². The van der Waals surface area contributed by atoms with Crippen LogP contribution in [0.4, 0.5) is 0 Å². The van der Waals surface area contributed by atoms with Crippen molar-refractivity contribution < 1.29 is 4.79 Å². The van der Waals surface area contributed by atoms with E-state index >= 15 is 0 Å². The van der Waals surface area contributed by atoms with Gasteiger partial charge >= 0.3 is 0 Å². The maximum Gasteiger partial charge on any atom is 0.240 e. The van der Waals surface area contributed by atoms with Crippen LogP contribution in [0.5, 0.6) is 0 Å². The Morgan fingerprint density at radius 3 is 2.11 bits per heavy atom. The molecule has 4 heteroatoms. The van der Waals surface area contributed by atoms with Crippen molar-refractivity contribution in [2.75, 3.05) is 26.2 Å². The van der Waals surface area contributed by atoms with E-state index < -0.39 is 6.04 Å². The first-order chi connectivity index (χ1) is 8.81. The van der Waals surface area contributed by atoms with E-state index in [1.165, 1.54) is 0 Å². The number of nitrogens with two attached hydrogens (primary N) is 1. The molecule has 1 amide bonds. The highest BCUT2D eigenvalue weighted by atomic mass is 16.2. The molecular weight excluding hydrogens is 238 g/mol. The molecule has 1 unspecified atom stereocenters. The number of hydrogen-bond acceptors (Lipinski definition) is 3. The number of nitrogens with zero attached hydrogens (tertiary/aromatic N) is 2. The molecular formula is C15H31N3O. The van der Waals surface area contributed by atoms with Gasteiger partial charge in [0, 0.05) is 19.1 Å². The molecule has 1 atom stereocenters. The molecule has 0 radical (unpaired) electrons. The monoisotopic (exact) mass is 269 g/mol. The van der Waals surface area contributed by atoms with Crippen molar-refractivity contribution >= 4 is 5.91 Å². The van der Waals surface area contributed by atoms with Crippen LogP contribution in [0.1, 0.15) is 47.5 Å². The molecule has 1 heterocycles. The average molecular weight is 269 g/mol. The second-order valence-corrected chi connectivity index (χ2v) is 6.62. The van der Waals surface area contributed by atoms with Crippen molar-refractivity contribution in [3.05, 3.63) is 0 Å². The molecule has 0 aromatic carbocycles. The van der Waals surface area contributed by atoms with E-state index in [-0.39, 0.29) is 11.3 Å². The predicted octanol–water partition coefficient (Wildman–Crippen LogP) is 1.69. The Kier molecular flexibility index (Phi) is 5.81. The second-order valence-electron chi connectivity index (χ2n) is 6.62. The van der Waals surface area contributed by atoms with Crippen LogP contribution in [0.2, 0.25) is 0 Å². The van der Waals surface area contributed by atoms with Gasteiger partial charge in [-0.3, -0.25) is 4.79 Å². The van der Waals surface area contributed by atoms with E-state index in [0.29, 0.717) is 6.04 Å². The summed E-state index contributed by atoms with van der Waals surface area (Å²) in [4.78, 5) is 16.8. The van der Waals surface area contributed by atoms with Crippen molar-refractivity contribution in [2.45, 2.75) is 59.5 Å². The topological polar surface area (TPSA) is 49.6 Å². The van der Waals surface area contributed by atoms with Crippen molar-refractivity contribution in [3.8, 4) is 0 Å². The fraction of sp³-hybridized carbons (Fsp3) is 0.933. The van der Waals surface area contributed by atoms with Crippen LogP contribution in [0.3, 0.4) is 0 Å². The highest BCUT2D eigenvalue weighted by Gasteiger charge is 2.33. The number of carbonyl (C=O) groups is 1. The standard InChI is InChI=1S/C15H31N3O/c1-6-17(7-2)12-8-10-18(11-9-12)14(19)13(16)15(3,4)5/h12-13H,6-11,16H2,1-5H3. The van der Waals surface area contributed by atoms with Gasteiger partial charge in [0.2, 0.25) is 5.91 Å². The summed E-state index contributed by atoms with van der Waals surface area (Å²) in [6.07, 6.45) is 2.15. The van der Waals surface area contributed by atoms with Crippen LogP contribution in [-0.2, 0) is 4.79 Å². The summed E-state index contributed by atoms with van der Waals surface area (Å²) in [5.41, 5.74) is 5.91. The maximum absolute atomic E-state index is 12.3. The first kappa shape index (κ1) is 16.4. The van der Waals surface area contributed by atoms with Gasteiger partial charge in [-0.25, -0.2) is 0 Å². The number of hydrogen-bond donors (Lipinski definition) is 1. The van der Waals surface area contributed by atoms with Crippen LogP contribution in [0.15, 0.2) is 0 Å². The summed E-state index contributed by atoms with van der Waals surface area (Å²) in [6.45, 7) is 14.4. The zero-order valence-electron chi connectivity index (χ0n) is 13.3. The highest BCUT2D eigenvalue weighted by Crippen LogP contribution is 2.22. The maximum atomic E-state index is 12.3. The van der Waals surface area contributed by atoms with Gasteiger partial charge < -0.3 is 15.5 Å². The molecule has 19 heavy (non-hydrogen) atoms. The smallest absolute Gasteiger partial charge is 0.240 e. The van der Waals surface area contributed by atoms with Crippen molar-refractivity contribution in [3.63, 3.8) is 0 Å². The minimum atomic E-state index is -0.391. The summed E-state index contributed by atoms with van der Waals surface area (Å²) in [5.74, 6) is 0.116. The minimum absolute atomic E-state index is 0.116. The van der Waals surface area contributed by atoms with E-state index in [2.05, 4.69) is 18.7 Å². The molecule has 0 bridgehead atoms. The van der Waals surface area contributed by atoms with E-state index in [0.717, 1.165) is 39.0 Å².